The number of anilines is 2. The molecule has 0 aliphatic carbocycles. The van der Waals surface area contributed by atoms with Gasteiger partial charge in [0.15, 0.2) is 0 Å². The summed E-state index contributed by atoms with van der Waals surface area (Å²) in [4.78, 5) is 29.2. The third-order valence-corrected chi connectivity index (χ3v) is 5.38. The van der Waals surface area contributed by atoms with Gasteiger partial charge in [0.2, 0.25) is 0 Å². The van der Waals surface area contributed by atoms with E-state index >= 15 is 0 Å². The first-order valence-electron chi connectivity index (χ1n) is 9.43. The van der Waals surface area contributed by atoms with Gasteiger partial charge in [-0.2, -0.15) is 0 Å². The van der Waals surface area contributed by atoms with Gasteiger partial charge in [-0.1, -0.05) is 35.0 Å². The summed E-state index contributed by atoms with van der Waals surface area (Å²) in [5.74, 6) is -0.659. The summed E-state index contributed by atoms with van der Waals surface area (Å²) in [6.45, 7) is 2.97. The quantitative estimate of drug-likeness (QED) is 0.618. The van der Waals surface area contributed by atoms with E-state index in [-0.39, 0.29) is 0 Å². The molecule has 8 heteroatoms. The summed E-state index contributed by atoms with van der Waals surface area (Å²) < 4.78 is 0.688. The van der Waals surface area contributed by atoms with Crippen molar-refractivity contribution in [2.45, 2.75) is 19.1 Å². The lowest BCUT2D eigenvalue weighted by Crippen LogP contribution is -2.63. The zero-order chi connectivity index (χ0) is 21.2. The lowest BCUT2D eigenvalue weighted by molar-refractivity contribution is -0.140. The molecule has 3 rings (SSSR count). The average molecular weight is 461 g/mol. The first kappa shape index (κ1) is 21.3. The smallest absolute Gasteiger partial charge is 0.329 e. The molecule has 0 saturated carbocycles. The number of halogens is 1. The fourth-order valence-electron chi connectivity index (χ4n) is 3.28. The van der Waals surface area contributed by atoms with Crippen molar-refractivity contribution >= 4 is 39.2 Å². The van der Waals surface area contributed by atoms with E-state index in [1.807, 2.05) is 38.1 Å². The van der Waals surface area contributed by atoms with Gasteiger partial charge in [-0.15, -0.1) is 0 Å². The number of nitrogens with zero attached hydrogens (tertiary/aromatic N) is 2. The van der Waals surface area contributed by atoms with E-state index in [1.165, 1.54) is 0 Å². The van der Waals surface area contributed by atoms with Crippen LogP contribution in [0.3, 0.4) is 0 Å². The van der Waals surface area contributed by atoms with Crippen molar-refractivity contribution in [1.29, 1.82) is 0 Å². The SMILES string of the molecule is CCc1ccc(N2C(=O)Nc3ccc(Br)cc3C2(O)C(=O)NCCN(C)C)cc1. The standard InChI is InChI=1S/C21H25BrN4O3/c1-4-14-5-8-16(9-6-14)26-20(28)24-18-10-7-15(22)13-17(18)21(26,29)19(27)23-11-12-25(2)3/h5-10,13,29H,4,11-12H2,1-3H3,(H,23,27)(H,24,28). The van der Waals surface area contributed by atoms with Crippen LogP contribution in [0, 0.1) is 0 Å². The maximum absolute atomic E-state index is 13.2. The molecule has 0 radical (unpaired) electrons. The lowest BCUT2D eigenvalue weighted by atomic mass is 9.94. The predicted molar refractivity (Wildman–Crippen MR) is 117 cm³/mol. The number of hydrogen-bond acceptors (Lipinski definition) is 4. The zero-order valence-electron chi connectivity index (χ0n) is 16.7. The number of carbonyl (C=O) groups is 2. The first-order chi connectivity index (χ1) is 13.8. The molecule has 154 valence electrons. The molecule has 1 atom stereocenters. The molecule has 1 aliphatic rings. The third-order valence-electron chi connectivity index (χ3n) is 4.89. The summed E-state index contributed by atoms with van der Waals surface area (Å²) >= 11 is 3.39. The van der Waals surface area contributed by atoms with E-state index in [4.69, 9.17) is 0 Å². The van der Waals surface area contributed by atoms with Crippen LogP contribution in [0.25, 0.3) is 0 Å². The predicted octanol–water partition coefficient (Wildman–Crippen LogP) is 2.89. The van der Waals surface area contributed by atoms with Crippen molar-refractivity contribution in [3.05, 3.63) is 58.1 Å². The second kappa shape index (κ2) is 8.52. The molecule has 0 aromatic heterocycles. The number of likely N-dealkylation sites (N-methyl/N-ethyl adjacent to an activating group) is 1. The molecule has 0 bridgehead atoms. The molecule has 1 aliphatic heterocycles. The summed E-state index contributed by atoms with van der Waals surface area (Å²) in [7, 11) is 3.78. The number of aryl methyl sites for hydroxylation is 1. The van der Waals surface area contributed by atoms with Crippen LogP contribution in [-0.2, 0) is 16.9 Å². The molecule has 1 unspecified atom stereocenters. The first-order valence-corrected chi connectivity index (χ1v) is 10.2. The molecular weight excluding hydrogens is 436 g/mol. The molecule has 7 nitrogen and oxygen atoms in total. The number of aliphatic hydroxyl groups is 1. The summed E-state index contributed by atoms with van der Waals surface area (Å²) in [6, 6.07) is 11.7. The van der Waals surface area contributed by atoms with E-state index in [9.17, 15) is 14.7 Å². The van der Waals surface area contributed by atoms with Crippen molar-refractivity contribution in [2.75, 3.05) is 37.4 Å². The number of fused-ring (bicyclic) bond motifs is 1. The van der Waals surface area contributed by atoms with Gasteiger partial charge in [-0.05, 0) is 56.4 Å². The number of benzene rings is 2. The Balaban J connectivity index is 2.08. The van der Waals surface area contributed by atoms with Crippen LogP contribution < -0.4 is 15.5 Å². The third kappa shape index (κ3) is 4.14. The number of hydrogen-bond donors (Lipinski definition) is 3. The van der Waals surface area contributed by atoms with E-state index in [0.29, 0.717) is 34.5 Å². The van der Waals surface area contributed by atoms with Crippen LogP contribution in [0.4, 0.5) is 16.2 Å². The van der Waals surface area contributed by atoms with Crippen LogP contribution >= 0.6 is 15.9 Å². The second-order valence-corrected chi connectivity index (χ2v) is 8.12. The molecular formula is C21H25BrN4O3. The van der Waals surface area contributed by atoms with Gasteiger partial charge < -0.3 is 20.6 Å². The molecule has 29 heavy (non-hydrogen) atoms. The van der Waals surface area contributed by atoms with E-state index < -0.39 is 17.7 Å². The van der Waals surface area contributed by atoms with Gasteiger partial charge >= 0.3 is 6.03 Å². The highest BCUT2D eigenvalue weighted by Gasteiger charge is 2.52. The number of amides is 3. The molecule has 1 heterocycles. The number of carbonyl (C=O) groups excluding carboxylic acids is 2. The van der Waals surface area contributed by atoms with Crippen LogP contribution in [0.15, 0.2) is 46.9 Å². The Morgan fingerprint density at radius 1 is 1.24 bits per heavy atom. The topological polar surface area (TPSA) is 84.9 Å². The number of nitrogens with one attached hydrogen (secondary N) is 2. The normalized spacial score (nSPS) is 18.4. The Kier molecular flexibility index (Phi) is 6.26. The number of urea groups is 1. The van der Waals surface area contributed by atoms with Crippen molar-refractivity contribution in [3.63, 3.8) is 0 Å². The minimum absolute atomic E-state index is 0.299. The van der Waals surface area contributed by atoms with Crippen molar-refractivity contribution < 1.29 is 14.7 Å². The Morgan fingerprint density at radius 3 is 2.55 bits per heavy atom. The van der Waals surface area contributed by atoms with Crippen LogP contribution in [0.5, 0.6) is 0 Å². The van der Waals surface area contributed by atoms with Crippen molar-refractivity contribution in [1.82, 2.24) is 10.2 Å². The summed E-state index contributed by atoms with van der Waals surface area (Å²) in [5.41, 5.74) is 0.0174. The molecule has 2 aromatic rings. The van der Waals surface area contributed by atoms with E-state index in [1.54, 1.807) is 30.3 Å². The fourth-order valence-corrected chi connectivity index (χ4v) is 3.64. The summed E-state index contributed by atoms with van der Waals surface area (Å²) in [6.07, 6.45) is 0.845. The number of rotatable bonds is 6. The minimum atomic E-state index is -2.19. The van der Waals surface area contributed by atoms with Gasteiger partial charge in [0.25, 0.3) is 11.6 Å². The fraction of sp³-hybridized carbons (Fsp3) is 0.333. The minimum Gasteiger partial charge on any atom is -0.359 e. The largest absolute Gasteiger partial charge is 0.359 e. The highest BCUT2D eigenvalue weighted by Crippen LogP contribution is 2.41. The maximum Gasteiger partial charge on any atom is 0.329 e. The van der Waals surface area contributed by atoms with Crippen LogP contribution in [0.1, 0.15) is 18.1 Å². The van der Waals surface area contributed by atoms with Gasteiger partial charge in [0, 0.05) is 28.8 Å². The monoisotopic (exact) mass is 460 g/mol. The maximum atomic E-state index is 13.2. The van der Waals surface area contributed by atoms with Crippen LogP contribution in [-0.4, -0.2) is 49.1 Å². The Bertz CT molecular complexity index is 917. The van der Waals surface area contributed by atoms with E-state index in [2.05, 4.69) is 26.6 Å². The zero-order valence-corrected chi connectivity index (χ0v) is 18.3. The molecule has 3 amide bonds. The Hall–Kier alpha value is -2.42. The molecule has 0 saturated heterocycles. The Labute approximate surface area is 178 Å². The highest BCUT2D eigenvalue weighted by molar-refractivity contribution is 9.10. The second-order valence-electron chi connectivity index (χ2n) is 7.21. The molecule has 2 aromatic carbocycles. The van der Waals surface area contributed by atoms with Gasteiger partial charge in [0.1, 0.15) is 0 Å². The van der Waals surface area contributed by atoms with Crippen molar-refractivity contribution in [3.8, 4) is 0 Å². The average Bonchev–Trinajstić information content (AvgIpc) is 2.68. The van der Waals surface area contributed by atoms with Crippen molar-refractivity contribution in [2.24, 2.45) is 0 Å². The summed E-state index contributed by atoms with van der Waals surface area (Å²) in [5, 5.41) is 17.2. The molecule has 0 fully saturated rings. The highest BCUT2D eigenvalue weighted by atomic mass is 79.9. The van der Waals surface area contributed by atoms with Gasteiger partial charge in [-0.3, -0.25) is 9.69 Å². The van der Waals surface area contributed by atoms with Gasteiger partial charge in [-0.25, -0.2) is 4.79 Å². The Morgan fingerprint density at radius 2 is 1.93 bits per heavy atom. The van der Waals surface area contributed by atoms with E-state index in [0.717, 1.165) is 16.9 Å². The lowest BCUT2D eigenvalue weighted by Gasteiger charge is -2.42. The van der Waals surface area contributed by atoms with Crippen LogP contribution in [0.2, 0.25) is 0 Å². The van der Waals surface area contributed by atoms with Gasteiger partial charge in [0.05, 0.1) is 5.69 Å². The molecule has 0 spiro atoms. The molecule has 3 N–H and O–H groups in total.